The lowest BCUT2D eigenvalue weighted by atomic mass is 9.74. The molecule has 1 rings (SSSR count). The molecule has 2 unspecified atom stereocenters. The van der Waals surface area contributed by atoms with E-state index in [1.807, 2.05) is 0 Å². The van der Waals surface area contributed by atoms with E-state index in [2.05, 4.69) is 0 Å². The maximum atomic E-state index is 11.1. The Balaban J connectivity index is 3.74. The van der Waals surface area contributed by atoms with E-state index in [4.69, 9.17) is 33.1 Å². The van der Waals surface area contributed by atoms with Crippen LogP contribution in [0.4, 0.5) is 0 Å². The fraction of sp³-hybridized carbons (Fsp3) is 0.500. The summed E-state index contributed by atoms with van der Waals surface area (Å²) in [7, 11) is 0. The average Bonchev–Trinajstić information content (AvgIpc) is 2.55. The first-order valence-corrected chi connectivity index (χ1v) is 5.31. The van der Waals surface area contributed by atoms with Crippen LogP contribution >= 0.6 is 11.6 Å². The Morgan fingerprint density at radius 1 is 1.50 bits per heavy atom. The molecule has 1 aliphatic rings. The lowest BCUT2D eigenvalue weighted by molar-refractivity contribution is -0.541. The minimum atomic E-state index is -2.29. The summed E-state index contributed by atoms with van der Waals surface area (Å²) >= 11 is 5.90. The number of hydrogen-bond donors (Lipinski definition) is 1. The van der Waals surface area contributed by atoms with Crippen LogP contribution in [-0.2, 0) is 0 Å². The second kappa shape index (κ2) is 4.18. The van der Waals surface area contributed by atoms with Crippen LogP contribution in [0.3, 0.4) is 0 Å². The van der Waals surface area contributed by atoms with Crippen molar-refractivity contribution in [1.29, 1.82) is 15.8 Å². The van der Waals surface area contributed by atoms with Crippen LogP contribution in [0.1, 0.15) is 13.3 Å². The van der Waals surface area contributed by atoms with Gasteiger partial charge >= 0.3 is 5.00 Å². The third-order valence-electron chi connectivity index (χ3n) is 3.16. The van der Waals surface area contributed by atoms with Gasteiger partial charge in [0, 0.05) is 4.92 Å². The van der Waals surface area contributed by atoms with Gasteiger partial charge in [-0.05, 0) is 18.0 Å². The quantitative estimate of drug-likeness (QED) is 0.342. The fourth-order valence-electron chi connectivity index (χ4n) is 2.28. The molecule has 0 heterocycles. The van der Waals surface area contributed by atoms with Crippen molar-refractivity contribution in [2.75, 3.05) is 0 Å². The van der Waals surface area contributed by atoms with Crippen molar-refractivity contribution in [3.05, 3.63) is 21.4 Å². The fourth-order valence-corrected chi connectivity index (χ4v) is 2.69. The minimum Gasteiger partial charge on any atom is -0.394 e. The van der Waals surface area contributed by atoms with E-state index in [1.54, 1.807) is 25.1 Å². The molecular formula is C10H8ClN5O2. The van der Waals surface area contributed by atoms with Gasteiger partial charge in [0.1, 0.15) is 5.70 Å². The van der Waals surface area contributed by atoms with E-state index in [1.165, 1.54) is 0 Å². The first-order chi connectivity index (χ1) is 8.36. The number of nitro groups is 1. The number of nitrogens with two attached hydrogens (primary N) is 1. The third kappa shape index (κ3) is 1.27. The Hall–Kier alpha value is -2.30. The Morgan fingerprint density at radius 2 is 2.00 bits per heavy atom. The Morgan fingerprint density at radius 3 is 2.28 bits per heavy atom. The maximum Gasteiger partial charge on any atom is 0.341 e. The van der Waals surface area contributed by atoms with Crippen LogP contribution in [0.5, 0.6) is 0 Å². The summed E-state index contributed by atoms with van der Waals surface area (Å²) in [6.45, 7) is 1.54. The van der Waals surface area contributed by atoms with E-state index < -0.39 is 32.5 Å². The normalized spacial score (nSPS) is 29.2. The molecular weight excluding hydrogens is 258 g/mol. The van der Waals surface area contributed by atoms with Gasteiger partial charge in [-0.3, -0.25) is 10.1 Å². The highest BCUT2D eigenvalue weighted by Crippen LogP contribution is 2.55. The van der Waals surface area contributed by atoms with Crippen molar-refractivity contribution in [1.82, 2.24) is 0 Å². The summed E-state index contributed by atoms with van der Waals surface area (Å²) in [6, 6.07) is 4.92. The van der Waals surface area contributed by atoms with Crippen molar-refractivity contribution < 1.29 is 4.92 Å². The number of allylic oxidation sites excluding steroid dienone is 1. The Kier molecular flexibility index (Phi) is 3.19. The van der Waals surface area contributed by atoms with Crippen LogP contribution in [0.25, 0.3) is 0 Å². The molecule has 0 saturated carbocycles. The predicted molar refractivity (Wildman–Crippen MR) is 59.8 cm³/mol. The highest BCUT2D eigenvalue weighted by atomic mass is 35.5. The van der Waals surface area contributed by atoms with Crippen molar-refractivity contribution in [2.45, 2.75) is 18.3 Å². The molecule has 0 aliphatic heterocycles. The molecule has 92 valence electrons. The molecule has 7 nitrogen and oxygen atoms in total. The molecule has 0 aromatic heterocycles. The van der Waals surface area contributed by atoms with E-state index in [-0.39, 0.29) is 6.42 Å². The van der Waals surface area contributed by atoms with Crippen LogP contribution in [0, 0.1) is 55.4 Å². The summed E-state index contributed by atoms with van der Waals surface area (Å²) in [5.41, 5.74) is 2.63. The molecule has 0 saturated heterocycles. The van der Waals surface area contributed by atoms with E-state index in [9.17, 15) is 10.1 Å². The largest absolute Gasteiger partial charge is 0.394 e. The van der Waals surface area contributed by atoms with Gasteiger partial charge in [0.25, 0.3) is 0 Å². The van der Waals surface area contributed by atoms with Crippen molar-refractivity contribution in [2.24, 2.45) is 17.1 Å². The number of halogens is 1. The Bertz CT molecular complexity index is 550. The van der Waals surface area contributed by atoms with Crippen LogP contribution in [-0.4, -0.2) is 9.92 Å². The predicted octanol–water partition coefficient (Wildman–Crippen LogP) is 1.01. The molecule has 0 aromatic carbocycles. The topological polar surface area (TPSA) is 141 Å². The summed E-state index contributed by atoms with van der Waals surface area (Å²) in [6.07, 6.45) is 0.0669. The van der Waals surface area contributed by atoms with Gasteiger partial charge in [0.2, 0.25) is 0 Å². The smallest absolute Gasteiger partial charge is 0.341 e. The molecule has 0 bridgehead atoms. The first kappa shape index (κ1) is 13.8. The highest BCUT2D eigenvalue weighted by Gasteiger charge is 2.69. The molecule has 0 fully saturated rings. The number of rotatable bonds is 2. The van der Waals surface area contributed by atoms with Crippen LogP contribution in [0.2, 0.25) is 0 Å². The van der Waals surface area contributed by atoms with Crippen LogP contribution in [0.15, 0.2) is 11.3 Å². The van der Waals surface area contributed by atoms with Crippen molar-refractivity contribution in [3.63, 3.8) is 0 Å². The van der Waals surface area contributed by atoms with Crippen molar-refractivity contribution >= 4 is 11.6 Å². The average molecular weight is 266 g/mol. The van der Waals surface area contributed by atoms with Gasteiger partial charge in [-0.25, -0.2) is 0 Å². The number of hydrogen-bond acceptors (Lipinski definition) is 6. The molecule has 0 radical (unpaired) electrons. The van der Waals surface area contributed by atoms with Crippen molar-refractivity contribution in [3.8, 4) is 18.2 Å². The lowest BCUT2D eigenvalue weighted by Gasteiger charge is -2.25. The number of nitriles is 3. The molecule has 1 aliphatic carbocycles. The third-order valence-corrected chi connectivity index (χ3v) is 3.77. The summed E-state index contributed by atoms with van der Waals surface area (Å²) in [5.74, 6) is -1.17. The molecule has 2 atom stereocenters. The summed E-state index contributed by atoms with van der Waals surface area (Å²) < 4.78 is 0. The SMILES string of the molecule is CCC1C(C#N)(C#N)C(C#N)=C(N)C1(Cl)[N+](=O)[O-]. The van der Waals surface area contributed by atoms with Gasteiger partial charge < -0.3 is 5.73 Å². The van der Waals surface area contributed by atoms with Gasteiger partial charge in [0.15, 0.2) is 5.41 Å². The van der Waals surface area contributed by atoms with E-state index in [0.717, 1.165) is 0 Å². The molecule has 0 spiro atoms. The molecule has 0 amide bonds. The minimum absolute atomic E-state index is 0.0669. The standard InChI is InChI=1S/C10H8ClN5O2/c1-2-7-9(4-13,5-14)6(3-12)8(15)10(7,11)16(17)18/h7H,2,15H2,1H3. The van der Waals surface area contributed by atoms with Gasteiger partial charge in [-0.15, -0.1) is 0 Å². The zero-order chi connectivity index (χ0) is 14.1. The second-order valence-electron chi connectivity index (χ2n) is 3.82. The highest BCUT2D eigenvalue weighted by molar-refractivity contribution is 6.25. The molecule has 18 heavy (non-hydrogen) atoms. The number of nitrogens with zero attached hydrogens (tertiary/aromatic N) is 4. The Labute approximate surface area is 108 Å². The van der Waals surface area contributed by atoms with Crippen LogP contribution < -0.4 is 5.73 Å². The molecule has 0 aromatic rings. The maximum absolute atomic E-state index is 11.1. The first-order valence-electron chi connectivity index (χ1n) is 4.93. The summed E-state index contributed by atoms with van der Waals surface area (Å²) in [5, 5.41) is 38.4. The zero-order valence-corrected chi connectivity index (χ0v) is 10.1. The van der Waals surface area contributed by atoms with Gasteiger partial charge in [0.05, 0.1) is 29.7 Å². The van der Waals surface area contributed by atoms with Gasteiger partial charge in [-0.2, -0.15) is 15.8 Å². The molecule has 2 N–H and O–H groups in total. The second-order valence-corrected chi connectivity index (χ2v) is 4.40. The van der Waals surface area contributed by atoms with Gasteiger partial charge in [-0.1, -0.05) is 6.92 Å². The summed E-state index contributed by atoms with van der Waals surface area (Å²) in [4.78, 5) is 7.97. The lowest BCUT2D eigenvalue weighted by Crippen LogP contribution is -2.45. The zero-order valence-electron chi connectivity index (χ0n) is 9.35. The molecule has 8 heteroatoms. The monoisotopic (exact) mass is 265 g/mol. The van der Waals surface area contributed by atoms with E-state index >= 15 is 0 Å². The number of alkyl halides is 1. The van der Waals surface area contributed by atoms with E-state index in [0.29, 0.717) is 0 Å².